The normalized spacial score (nSPS) is 12.4. The number of para-hydroxylation sites is 1. The van der Waals surface area contributed by atoms with Gasteiger partial charge in [-0.05, 0) is 60.2 Å². The molecule has 6 nitrogen and oxygen atoms in total. The van der Waals surface area contributed by atoms with Crippen molar-refractivity contribution < 1.29 is 13.6 Å². The molecule has 1 amide bonds. The van der Waals surface area contributed by atoms with Crippen molar-refractivity contribution in [1.82, 2.24) is 9.88 Å². The van der Waals surface area contributed by atoms with E-state index in [0.717, 1.165) is 39.3 Å². The smallest absolute Gasteiger partial charge is 0.255 e. The van der Waals surface area contributed by atoms with Crippen molar-refractivity contribution in [3.8, 4) is 33.7 Å². The summed E-state index contributed by atoms with van der Waals surface area (Å²) in [5.41, 5.74) is 8.75. The summed E-state index contributed by atoms with van der Waals surface area (Å²) in [6.07, 6.45) is 0. The van der Waals surface area contributed by atoms with E-state index in [0.29, 0.717) is 34.5 Å². The number of fused-ring (bicyclic) bond motifs is 6. The van der Waals surface area contributed by atoms with Crippen LogP contribution in [0.4, 0.5) is 15.8 Å². The number of hydrogen-bond donors (Lipinski definition) is 3. The number of nitrogens with one attached hydrogen (secondary N) is 2. The van der Waals surface area contributed by atoms with Crippen LogP contribution in [0.1, 0.15) is 10.4 Å². The summed E-state index contributed by atoms with van der Waals surface area (Å²) < 4.78 is 24.1. The number of halogens is 1. The predicted octanol–water partition coefficient (Wildman–Crippen LogP) is 7.55. The van der Waals surface area contributed by atoms with Gasteiger partial charge in [-0.25, -0.2) is 4.39 Å². The number of aromatic nitrogens is 1. The summed E-state index contributed by atoms with van der Waals surface area (Å²) in [6.45, 7) is 0.642. The molecule has 0 saturated heterocycles. The van der Waals surface area contributed by atoms with Gasteiger partial charge in [0.2, 0.25) is 0 Å². The fraction of sp³-hybridized carbons (Fsp3) is 0.0938. The van der Waals surface area contributed by atoms with Crippen molar-refractivity contribution in [2.75, 3.05) is 23.7 Å². The summed E-state index contributed by atoms with van der Waals surface area (Å²) in [5, 5.41) is 7.88. The van der Waals surface area contributed by atoms with Crippen LogP contribution in [0, 0.1) is 5.82 Å². The van der Waals surface area contributed by atoms with Crippen molar-refractivity contribution in [2.24, 2.45) is 0 Å². The van der Waals surface area contributed by atoms with E-state index in [1.165, 1.54) is 17.5 Å². The van der Waals surface area contributed by atoms with Crippen LogP contribution >= 0.6 is 12.8 Å². The Bertz CT molecular complexity index is 1960. The van der Waals surface area contributed by atoms with E-state index in [-0.39, 0.29) is 11.7 Å². The molecular weight excluding hydrogens is 523 g/mol. The molecule has 7 rings (SSSR count). The Kier molecular flexibility index (Phi) is 5.61. The Balaban J connectivity index is 1.44. The lowest BCUT2D eigenvalue weighted by molar-refractivity contribution is 0.0964. The van der Waals surface area contributed by atoms with E-state index >= 15 is 0 Å². The van der Waals surface area contributed by atoms with Gasteiger partial charge in [-0.2, -0.15) is 0 Å². The second-order valence-corrected chi connectivity index (χ2v) is 10.3. The lowest BCUT2D eigenvalue weighted by Gasteiger charge is -2.29. The van der Waals surface area contributed by atoms with Gasteiger partial charge < -0.3 is 19.6 Å². The largest absolute Gasteiger partial charge is 0.455 e. The molecule has 0 spiro atoms. The molecule has 0 fully saturated rings. The molecule has 0 aliphatic carbocycles. The van der Waals surface area contributed by atoms with Gasteiger partial charge in [-0.3, -0.25) is 9.10 Å². The fourth-order valence-corrected chi connectivity index (χ4v) is 5.97. The van der Waals surface area contributed by atoms with E-state index < -0.39 is 0 Å². The first-order chi connectivity index (χ1) is 19.5. The Hall–Kier alpha value is -4.69. The van der Waals surface area contributed by atoms with Gasteiger partial charge in [0, 0.05) is 53.3 Å². The third-order valence-electron chi connectivity index (χ3n) is 7.61. The van der Waals surface area contributed by atoms with Crippen molar-refractivity contribution in [2.45, 2.75) is 6.67 Å². The third kappa shape index (κ3) is 3.67. The quantitative estimate of drug-likeness (QED) is 0.199. The monoisotopic (exact) mass is 548 g/mol. The summed E-state index contributed by atoms with van der Waals surface area (Å²) in [5.74, 6) is -0.233. The standard InChI is InChI=1S/C32H25FN4O2S/c1-34-25-16-29-24(30(32(38)35-2)31(39-29)18-7-10-21(33)11-8-18)15-22(25)19-9-12-27-23(13-19)28-14-20-5-3-4-6-26(20)36(28)17-37(27)40/h3-16,34,40H,17H2,1-2H3,(H,35,38). The molecule has 2 N–H and O–H groups in total. The van der Waals surface area contributed by atoms with Gasteiger partial charge in [0.05, 0.1) is 22.5 Å². The number of anilines is 2. The third-order valence-corrected chi connectivity index (χ3v) is 7.95. The van der Waals surface area contributed by atoms with Crippen LogP contribution in [-0.2, 0) is 6.67 Å². The average molecular weight is 549 g/mol. The highest BCUT2D eigenvalue weighted by atomic mass is 32.1. The number of nitrogens with zero attached hydrogens (tertiary/aromatic N) is 2. The molecule has 0 radical (unpaired) electrons. The van der Waals surface area contributed by atoms with Gasteiger partial charge >= 0.3 is 0 Å². The zero-order valence-electron chi connectivity index (χ0n) is 21.8. The van der Waals surface area contributed by atoms with Crippen LogP contribution in [0.3, 0.4) is 0 Å². The van der Waals surface area contributed by atoms with Crippen LogP contribution < -0.4 is 14.9 Å². The molecular formula is C32H25FN4O2S. The lowest BCUT2D eigenvalue weighted by Crippen LogP contribution is -2.21. The summed E-state index contributed by atoms with van der Waals surface area (Å²) >= 11 is 4.78. The van der Waals surface area contributed by atoms with Gasteiger partial charge in [0.25, 0.3) is 5.91 Å². The first kappa shape index (κ1) is 24.4. The second-order valence-electron chi connectivity index (χ2n) is 9.83. The molecule has 0 bridgehead atoms. The number of carbonyl (C=O) groups is 1. The molecule has 0 unspecified atom stereocenters. The number of benzene rings is 4. The maximum atomic E-state index is 13.6. The molecule has 3 heterocycles. The van der Waals surface area contributed by atoms with E-state index in [2.05, 4.69) is 51.6 Å². The lowest BCUT2D eigenvalue weighted by atomic mass is 9.95. The van der Waals surface area contributed by atoms with Gasteiger partial charge in [0.1, 0.15) is 23.8 Å². The number of carbonyl (C=O) groups excluding carboxylic acids is 1. The Morgan fingerprint density at radius 2 is 1.70 bits per heavy atom. The summed E-state index contributed by atoms with van der Waals surface area (Å²) in [4.78, 5) is 13.1. The minimum atomic E-state index is -0.354. The van der Waals surface area contributed by atoms with E-state index in [4.69, 9.17) is 17.2 Å². The fourth-order valence-electron chi connectivity index (χ4n) is 5.67. The first-order valence-electron chi connectivity index (χ1n) is 12.9. The molecule has 0 atom stereocenters. The maximum Gasteiger partial charge on any atom is 0.255 e. The predicted molar refractivity (Wildman–Crippen MR) is 162 cm³/mol. The van der Waals surface area contributed by atoms with E-state index in [1.54, 1.807) is 19.2 Å². The first-order valence-corrected chi connectivity index (χ1v) is 13.3. The maximum absolute atomic E-state index is 13.6. The van der Waals surface area contributed by atoms with Crippen molar-refractivity contribution in [3.63, 3.8) is 0 Å². The molecule has 1 aliphatic rings. The highest BCUT2D eigenvalue weighted by molar-refractivity contribution is 7.81. The number of thiol groups is 1. The van der Waals surface area contributed by atoms with Crippen LogP contribution in [0.5, 0.6) is 0 Å². The molecule has 6 aromatic rings. The highest BCUT2D eigenvalue weighted by Gasteiger charge is 2.26. The van der Waals surface area contributed by atoms with Crippen molar-refractivity contribution in [3.05, 3.63) is 96.3 Å². The SMILES string of the molecule is CNC(=O)c1c(-c2ccc(F)cc2)oc2cc(NC)c(-c3ccc4c(c3)-c3cc5ccccc5n3CN4S)cc12. The molecule has 8 heteroatoms. The topological polar surface area (TPSA) is 62.4 Å². The minimum absolute atomic E-state index is 0.276. The zero-order valence-corrected chi connectivity index (χ0v) is 22.7. The zero-order chi connectivity index (χ0) is 27.5. The van der Waals surface area contributed by atoms with Gasteiger partial charge in [0.15, 0.2) is 0 Å². The number of amides is 1. The Labute approximate surface area is 235 Å². The molecule has 1 aliphatic heterocycles. The second kappa shape index (κ2) is 9.20. The van der Waals surface area contributed by atoms with E-state index in [9.17, 15) is 9.18 Å². The Morgan fingerprint density at radius 1 is 0.925 bits per heavy atom. The van der Waals surface area contributed by atoms with Crippen LogP contribution in [0.15, 0.2) is 89.3 Å². The van der Waals surface area contributed by atoms with Gasteiger partial charge in [-0.1, -0.05) is 37.1 Å². The van der Waals surface area contributed by atoms with Crippen molar-refractivity contribution in [1.29, 1.82) is 0 Å². The molecule has 198 valence electrons. The molecule has 2 aromatic heterocycles. The van der Waals surface area contributed by atoms with Crippen LogP contribution in [-0.4, -0.2) is 24.6 Å². The number of rotatable bonds is 4. The number of hydrogen-bond acceptors (Lipinski definition) is 5. The number of furan rings is 1. The van der Waals surface area contributed by atoms with Crippen LogP contribution in [0.25, 0.3) is 55.6 Å². The van der Waals surface area contributed by atoms with Gasteiger partial charge in [-0.15, -0.1) is 0 Å². The average Bonchev–Trinajstić information content (AvgIpc) is 3.54. The Morgan fingerprint density at radius 3 is 2.48 bits per heavy atom. The molecule has 4 aromatic carbocycles. The summed E-state index contributed by atoms with van der Waals surface area (Å²) in [7, 11) is 3.45. The summed E-state index contributed by atoms with van der Waals surface area (Å²) in [6, 6.07) is 26.7. The van der Waals surface area contributed by atoms with Crippen molar-refractivity contribution >= 4 is 52.0 Å². The molecule has 40 heavy (non-hydrogen) atoms. The highest BCUT2D eigenvalue weighted by Crippen LogP contribution is 2.45. The minimum Gasteiger partial charge on any atom is -0.455 e. The van der Waals surface area contributed by atoms with Crippen LogP contribution in [0.2, 0.25) is 0 Å². The van der Waals surface area contributed by atoms with E-state index in [1.807, 2.05) is 35.6 Å². The molecule has 0 saturated carbocycles.